The van der Waals surface area contributed by atoms with E-state index >= 15 is 0 Å². The maximum absolute atomic E-state index is 13.2. The van der Waals surface area contributed by atoms with Gasteiger partial charge in [-0.1, -0.05) is 36.4 Å². The third-order valence-electron chi connectivity index (χ3n) is 8.00. The minimum atomic E-state index is 0.0469. The number of amides is 1. The molecular formula is C35H31N5O2. The topological polar surface area (TPSA) is 82.3 Å². The van der Waals surface area contributed by atoms with E-state index in [9.17, 15) is 4.79 Å². The highest BCUT2D eigenvalue weighted by atomic mass is 16.5. The van der Waals surface area contributed by atoms with Gasteiger partial charge in [0, 0.05) is 71.5 Å². The van der Waals surface area contributed by atoms with Gasteiger partial charge in [0.15, 0.2) is 0 Å². The Bertz CT molecular complexity index is 1770. The maximum atomic E-state index is 13.2. The first-order valence-electron chi connectivity index (χ1n) is 14.0. The Morgan fingerprint density at radius 3 is 2.17 bits per heavy atom. The first-order valence-corrected chi connectivity index (χ1v) is 14.0. The van der Waals surface area contributed by atoms with E-state index in [1.807, 2.05) is 53.6 Å². The molecule has 0 saturated carbocycles. The summed E-state index contributed by atoms with van der Waals surface area (Å²) in [5, 5.41) is 10.1. The van der Waals surface area contributed by atoms with Crippen molar-refractivity contribution in [2.24, 2.45) is 0 Å². The van der Waals surface area contributed by atoms with Gasteiger partial charge >= 0.3 is 0 Å². The van der Waals surface area contributed by atoms with Crippen molar-refractivity contribution in [3.63, 3.8) is 0 Å². The Morgan fingerprint density at radius 2 is 1.52 bits per heavy atom. The van der Waals surface area contributed by atoms with E-state index < -0.39 is 0 Å². The molecule has 0 radical (unpaired) electrons. The van der Waals surface area contributed by atoms with Crippen LogP contribution in [-0.2, 0) is 0 Å². The van der Waals surface area contributed by atoms with E-state index in [0.29, 0.717) is 11.1 Å². The van der Waals surface area contributed by atoms with Crippen LogP contribution in [0.15, 0.2) is 97.5 Å². The number of nitrogens with zero attached hydrogens (tertiary/aromatic N) is 5. The van der Waals surface area contributed by atoms with Crippen molar-refractivity contribution < 1.29 is 9.53 Å². The van der Waals surface area contributed by atoms with Crippen LogP contribution >= 0.6 is 0 Å². The van der Waals surface area contributed by atoms with Crippen LogP contribution in [0.5, 0.6) is 5.75 Å². The molecule has 3 heterocycles. The molecule has 6 rings (SSSR count). The van der Waals surface area contributed by atoms with Crippen molar-refractivity contribution in [3.05, 3.63) is 109 Å². The highest BCUT2D eigenvalue weighted by Gasteiger charge is 2.33. The average molecular weight is 554 g/mol. The van der Waals surface area contributed by atoms with Crippen molar-refractivity contribution in [1.29, 1.82) is 5.26 Å². The molecule has 1 aliphatic rings. The van der Waals surface area contributed by atoms with E-state index in [0.717, 1.165) is 57.7 Å². The Hall–Kier alpha value is -5.22. The summed E-state index contributed by atoms with van der Waals surface area (Å²) in [4.78, 5) is 26.4. The van der Waals surface area contributed by atoms with Gasteiger partial charge in [-0.2, -0.15) is 5.26 Å². The molecule has 0 N–H and O–H groups in total. The van der Waals surface area contributed by atoms with Crippen LogP contribution in [-0.4, -0.2) is 53.1 Å². The summed E-state index contributed by atoms with van der Waals surface area (Å²) < 4.78 is 5.95. The number of anilines is 1. The van der Waals surface area contributed by atoms with E-state index in [4.69, 9.17) is 15.0 Å². The summed E-state index contributed by atoms with van der Waals surface area (Å²) in [6.07, 6.45) is 5.19. The second-order valence-corrected chi connectivity index (χ2v) is 10.7. The van der Waals surface area contributed by atoms with E-state index in [-0.39, 0.29) is 18.0 Å². The zero-order valence-corrected chi connectivity index (χ0v) is 23.9. The minimum absolute atomic E-state index is 0.0469. The number of hydrogen-bond donors (Lipinski definition) is 0. The van der Waals surface area contributed by atoms with Crippen LogP contribution < -0.4 is 9.64 Å². The van der Waals surface area contributed by atoms with Crippen molar-refractivity contribution in [1.82, 2.24) is 14.9 Å². The van der Waals surface area contributed by atoms with Crippen molar-refractivity contribution in [2.45, 2.75) is 25.9 Å². The van der Waals surface area contributed by atoms with Gasteiger partial charge in [0.2, 0.25) is 0 Å². The normalized spacial score (nSPS) is 16.7. The molecule has 1 saturated heterocycles. The molecule has 0 spiro atoms. The van der Waals surface area contributed by atoms with Crippen LogP contribution in [0.3, 0.4) is 0 Å². The third-order valence-corrected chi connectivity index (χ3v) is 8.00. The molecule has 42 heavy (non-hydrogen) atoms. The summed E-state index contributed by atoms with van der Waals surface area (Å²) in [7, 11) is 1.69. The SMILES string of the molecule is COc1c(-c2ccc(N3CC(C)N(C(=O)c4ccncc4)[C@@H](C)C3)cc2)cnc2c(-c3ccc(C#N)cc3)cccc12. The van der Waals surface area contributed by atoms with Crippen molar-refractivity contribution in [3.8, 4) is 34.1 Å². The molecule has 2 aromatic heterocycles. The summed E-state index contributed by atoms with van der Waals surface area (Å²) in [5.41, 5.74) is 7.18. The molecule has 1 fully saturated rings. The van der Waals surface area contributed by atoms with Gasteiger partial charge in [-0.3, -0.25) is 14.8 Å². The number of pyridine rings is 2. The highest BCUT2D eigenvalue weighted by molar-refractivity contribution is 6.00. The summed E-state index contributed by atoms with van der Waals surface area (Å²) >= 11 is 0. The largest absolute Gasteiger partial charge is 0.495 e. The van der Waals surface area contributed by atoms with E-state index in [1.54, 1.807) is 31.6 Å². The molecule has 1 unspecified atom stereocenters. The lowest BCUT2D eigenvalue weighted by Gasteiger charge is -2.45. The van der Waals surface area contributed by atoms with Crippen LogP contribution in [0.4, 0.5) is 5.69 Å². The number of aromatic nitrogens is 2. The molecule has 5 aromatic rings. The molecule has 2 atom stereocenters. The van der Waals surface area contributed by atoms with Crippen LogP contribution in [0.2, 0.25) is 0 Å². The summed E-state index contributed by atoms with van der Waals surface area (Å²) in [5.74, 6) is 0.819. The van der Waals surface area contributed by atoms with Gasteiger partial charge < -0.3 is 14.5 Å². The third kappa shape index (κ3) is 4.92. The van der Waals surface area contributed by atoms with Gasteiger partial charge in [0.1, 0.15) is 5.75 Å². The van der Waals surface area contributed by atoms with Crippen LogP contribution in [0.1, 0.15) is 29.8 Å². The Kier molecular flexibility index (Phi) is 7.28. The number of carbonyl (C=O) groups excluding carboxylic acids is 1. The fraction of sp³-hybridized carbons (Fsp3) is 0.200. The Labute approximate surface area is 245 Å². The van der Waals surface area contributed by atoms with Gasteiger partial charge in [-0.25, -0.2) is 0 Å². The fourth-order valence-electron chi connectivity index (χ4n) is 6.01. The highest BCUT2D eigenvalue weighted by Crippen LogP contribution is 2.39. The lowest BCUT2D eigenvalue weighted by Crippen LogP contribution is -2.58. The van der Waals surface area contributed by atoms with Crippen LogP contribution in [0.25, 0.3) is 33.2 Å². The first-order chi connectivity index (χ1) is 20.5. The zero-order chi connectivity index (χ0) is 29.2. The molecule has 208 valence electrons. The van der Waals surface area contributed by atoms with E-state index in [2.05, 4.69) is 54.1 Å². The zero-order valence-electron chi connectivity index (χ0n) is 23.9. The fourth-order valence-corrected chi connectivity index (χ4v) is 6.01. The lowest BCUT2D eigenvalue weighted by atomic mass is 9.97. The van der Waals surface area contributed by atoms with Crippen molar-refractivity contribution in [2.75, 3.05) is 25.1 Å². The smallest absolute Gasteiger partial charge is 0.254 e. The van der Waals surface area contributed by atoms with Gasteiger partial charge in [0.05, 0.1) is 24.3 Å². The number of methoxy groups -OCH3 is 1. The predicted molar refractivity (Wildman–Crippen MR) is 165 cm³/mol. The minimum Gasteiger partial charge on any atom is -0.495 e. The standard InChI is InChI=1S/C35H31N5O2/c1-23-21-39(22-24(2)40(23)35(41)28-15-17-37-18-16-28)29-13-11-27(12-14-29)32-20-38-33-30(5-4-6-31(33)34(32)42-3)26-9-7-25(19-36)8-10-26/h4-18,20,23-24H,21-22H2,1-3H3/t23-,24?/m0/s1. The second-order valence-electron chi connectivity index (χ2n) is 10.7. The van der Waals surface area contributed by atoms with Crippen LogP contribution in [0, 0.1) is 11.3 Å². The Balaban J connectivity index is 1.26. The monoisotopic (exact) mass is 553 g/mol. The molecular weight excluding hydrogens is 522 g/mol. The summed E-state index contributed by atoms with van der Waals surface area (Å²) in [6, 6.07) is 27.9. The number of nitriles is 1. The molecule has 1 amide bonds. The molecule has 0 aliphatic carbocycles. The Morgan fingerprint density at radius 1 is 0.881 bits per heavy atom. The molecule has 7 heteroatoms. The summed E-state index contributed by atoms with van der Waals surface area (Å²) in [6.45, 7) is 5.71. The molecule has 0 bridgehead atoms. The van der Waals surface area contributed by atoms with E-state index in [1.165, 1.54) is 0 Å². The van der Waals surface area contributed by atoms with Gasteiger partial charge in [-0.15, -0.1) is 0 Å². The number of piperazine rings is 1. The number of para-hydroxylation sites is 1. The second kappa shape index (κ2) is 11.3. The van der Waals surface area contributed by atoms with Gasteiger partial charge in [0.25, 0.3) is 5.91 Å². The molecule has 1 aliphatic heterocycles. The first kappa shape index (κ1) is 27.0. The number of ether oxygens (including phenoxy) is 1. The number of hydrogen-bond acceptors (Lipinski definition) is 6. The number of benzene rings is 3. The van der Waals surface area contributed by atoms with Gasteiger partial charge in [-0.05, 0) is 67.4 Å². The lowest BCUT2D eigenvalue weighted by molar-refractivity contribution is 0.0574. The molecule has 3 aromatic carbocycles. The predicted octanol–water partition coefficient (Wildman–Crippen LogP) is 6.58. The quantitative estimate of drug-likeness (QED) is 0.244. The molecule has 7 nitrogen and oxygen atoms in total. The average Bonchev–Trinajstić information content (AvgIpc) is 3.04. The maximum Gasteiger partial charge on any atom is 0.254 e. The number of rotatable bonds is 5. The van der Waals surface area contributed by atoms with Crippen molar-refractivity contribution >= 4 is 22.5 Å². The number of fused-ring (bicyclic) bond motifs is 1. The number of carbonyl (C=O) groups is 1.